The van der Waals surface area contributed by atoms with Crippen LogP contribution in [-0.4, -0.2) is 20.0 Å². The van der Waals surface area contributed by atoms with E-state index < -0.39 is 21.4 Å². The lowest BCUT2D eigenvalue weighted by atomic mass is 10.1. The molecule has 0 bridgehead atoms. The third-order valence-corrected chi connectivity index (χ3v) is 4.86. The molecule has 0 fully saturated rings. The van der Waals surface area contributed by atoms with E-state index in [0.29, 0.717) is 10.6 Å². The maximum atomic E-state index is 12.2. The number of carbonyl (C=O) groups excluding carboxylic acids is 1. The second kappa shape index (κ2) is 6.24. The molecule has 0 aromatic heterocycles. The van der Waals surface area contributed by atoms with Crippen molar-refractivity contribution in [3.8, 4) is 0 Å². The first kappa shape index (κ1) is 15.5. The van der Waals surface area contributed by atoms with Crippen LogP contribution < -0.4 is 0 Å². The van der Waals surface area contributed by atoms with Crippen molar-refractivity contribution in [1.29, 1.82) is 0 Å². The van der Waals surface area contributed by atoms with Crippen molar-refractivity contribution >= 4 is 27.2 Å². The van der Waals surface area contributed by atoms with Crippen molar-refractivity contribution in [2.24, 2.45) is 0 Å². The molecule has 3 nitrogen and oxygen atoms in total. The fourth-order valence-electron chi connectivity index (χ4n) is 1.81. The molecule has 0 saturated heterocycles. The Hall–Kier alpha value is -1.91. The van der Waals surface area contributed by atoms with Gasteiger partial charge in [0.1, 0.15) is 0 Å². The molecule has 21 heavy (non-hydrogen) atoms. The third kappa shape index (κ3) is 3.80. The fraction of sp³-hybridized carbons (Fsp3) is 0.0625. The van der Waals surface area contributed by atoms with Crippen LogP contribution in [-0.2, 0) is 9.84 Å². The predicted molar refractivity (Wildman–Crippen MR) is 83.4 cm³/mol. The van der Waals surface area contributed by atoms with E-state index in [-0.39, 0.29) is 10.5 Å². The van der Waals surface area contributed by atoms with E-state index in [4.69, 9.17) is 11.6 Å². The summed E-state index contributed by atoms with van der Waals surface area (Å²) < 4.78 is 24.4. The van der Waals surface area contributed by atoms with Gasteiger partial charge in [0.25, 0.3) is 0 Å². The Balaban J connectivity index is 2.18. The summed E-state index contributed by atoms with van der Waals surface area (Å²) in [6.07, 6.45) is 0. The summed E-state index contributed by atoms with van der Waals surface area (Å²) in [5.41, 5.74) is 0.397. The smallest absolute Gasteiger partial charge is 0.189 e. The fourth-order valence-corrected chi connectivity index (χ4v) is 3.27. The zero-order valence-corrected chi connectivity index (χ0v) is 12.7. The predicted octanol–water partition coefficient (Wildman–Crippen LogP) is 3.55. The molecule has 0 atom stereocenters. The molecule has 0 saturated carbocycles. The Kier molecular flexibility index (Phi) is 4.60. The van der Waals surface area contributed by atoms with Crippen LogP contribution in [0.3, 0.4) is 0 Å². The number of rotatable bonds is 5. The third-order valence-electron chi connectivity index (χ3n) is 2.89. The molecule has 2 aromatic carbocycles. The zero-order chi connectivity index (χ0) is 15.5. The van der Waals surface area contributed by atoms with Gasteiger partial charge in [-0.1, -0.05) is 36.4 Å². The molecule has 5 heteroatoms. The molecule has 2 rings (SSSR count). The van der Waals surface area contributed by atoms with Crippen molar-refractivity contribution in [3.05, 3.63) is 77.3 Å². The van der Waals surface area contributed by atoms with Crippen molar-refractivity contribution < 1.29 is 13.2 Å². The Morgan fingerprint density at radius 3 is 2.14 bits per heavy atom. The second-order valence-electron chi connectivity index (χ2n) is 4.51. The Morgan fingerprint density at radius 1 is 1.00 bits per heavy atom. The Labute approximate surface area is 128 Å². The SMILES string of the molecule is C=C(CS(=O)(=O)c1ccccc1)C(=O)c1ccc(Cl)cc1. The number of hydrogen-bond donors (Lipinski definition) is 0. The zero-order valence-electron chi connectivity index (χ0n) is 11.1. The molecule has 108 valence electrons. The minimum Gasteiger partial charge on any atom is -0.289 e. The van der Waals surface area contributed by atoms with E-state index in [2.05, 4.69) is 6.58 Å². The average molecular weight is 321 g/mol. The molecule has 0 heterocycles. The van der Waals surface area contributed by atoms with Gasteiger partial charge in [0.15, 0.2) is 15.6 Å². The number of carbonyl (C=O) groups is 1. The summed E-state index contributed by atoms with van der Waals surface area (Å²) in [4.78, 5) is 12.3. The van der Waals surface area contributed by atoms with E-state index in [0.717, 1.165) is 0 Å². The lowest BCUT2D eigenvalue weighted by Gasteiger charge is -2.07. The molecule has 0 aliphatic heterocycles. The van der Waals surface area contributed by atoms with Crippen LogP contribution in [0.1, 0.15) is 10.4 Å². The summed E-state index contributed by atoms with van der Waals surface area (Å²) in [5.74, 6) is -0.801. The molecule has 0 unspecified atom stereocenters. The van der Waals surface area contributed by atoms with Crippen LogP contribution in [0.25, 0.3) is 0 Å². The molecular formula is C16H13ClO3S. The molecular weight excluding hydrogens is 308 g/mol. The normalized spacial score (nSPS) is 11.1. The largest absolute Gasteiger partial charge is 0.289 e. The van der Waals surface area contributed by atoms with Crippen LogP contribution in [0.4, 0.5) is 0 Å². The van der Waals surface area contributed by atoms with Gasteiger partial charge < -0.3 is 0 Å². The highest BCUT2D eigenvalue weighted by atomic mass is 35.5. The first-order valence-corrected chi connectivity index (χ1v) is 8.19. The van der Waals surface area contributed by atoms with Crippen LogP contribution >= 0.6 is 11.6 Å². The van der Waals surface area contributed by atoms with Gasteiger partial charge in [0.2, 0.25) is 0 Å². The van der Waals surface area contributed by atoms with Gasteiger partial charge in [0.05, 0.1) is 10.6 Å². The summed E-state index contributed by atoms with van der Waals surface area (Å²) in [5, 5.41) is 0.508. The highest BCUT2D eigenvalue weighted by Crippen LogP contribution is 2.17. The minimum atomic E-state index is -3.57. The van der Waals surface area contributed by atoms with Gasteiger partial charge in [-0.05, 0) is 36.4 Å². The summed E-state index contributed by atoms with van der Waals surface area (Å²) in [7, 11) is -3.57. The van der Waals surface area contributed by atoms with E-state index in [1.807, 2.05) is 0 Å². The standard InChI is InChI=1S/C16H13ClO3S/c1-12(16(18)13-7-9-14(17)10-8-13)11-21(19,20)15-5-3-2-4-6-15/h2-10H,1,11H2. The molecule has 0 amide bonds. The van der Waals surface area contributed by atoms with Crippen LogP contribution in [0, 0.1) is 0 Å². The van der Waals surface area contributed by atoms with Crippen LogP contribution in [0.15, 0.2) is 71.6 Å². The van der Waals surface area contributed by atoms with Crippen molar-refractivity contribution in [2.45, 2.75) is 4.90 Å². The van der Waals surface area contributed by atoms with Gasteiger partial charge in [-0.3, -0.25) is 4.79 Å². The monoisotopic (exact) mass is 320 g/mol. The van der Waals surface area contributed by atoms with E-state index >= 15 is 0 Å². The van der Waals surface area contributed by atoms with Gasteiger partial charge in [-0.2, -0.15) is 0 Å². The van der Waals surface area contributed by atoms with Gasteiger partial charge in [-0.25, -0.2) is 8.42 Å². The number of benzene rings is 2. The average Bonchev–Trinajstić information content (AvgIpc) is 2.48. The Bertz CT molecular complexity index is 763. The van der Waals surface area contributed by atoms with E-state index in [9.17, 15) is 13.2 Å². The van der Waals surface area contributed by atoms with Crippen molar-refractivity contribution in [1.82, 2.24) is 0 Å². The number of Topliss-reactive ketones (excluding diaryl/α,β-unsaturated/α-hetero) is 1. The van der Waals surface area contributed by atoms with Crippen molar-refractivity contribution in [3.63, 3.8) is 0 Å². The van der Waals surface area contributed by atoms with Gasteiger partial charge >= 0.3 is 0 Å². The van der Waals surface area contributed by atoms with Crippen LogP contribution in [0.5, 0.6) is 0 Å². The Morgan fingerprint density at radius 2 is 1.57 bits per heavy atom. The highest BCUT2D eigenvalue weighted by molar-refractivity contribution is 7.91. The quantitative estimate of drug-likeness (QED) is 0.625. The molecule has 2 aromatic rings. The van der Waals surface area contributed by atoms with Crippen molar-refractivity contribution in [2.75, 3.05) is 5.75 Å². The summed E-state index contributed by atoms with van der Waals surface area (Å²) in [6.45, 7) is 3.60. The lowest BCUT2D eigenvalue weighted by molar-refractivity contribution is 0.103. The number of ketones is 1. The molecule has 0 aliphatic rings. The molecule has 0 radical (unpaired) electrons. The highest BCUT2D eigenvalue weighted by Gasteiger charge is 2.20. The number of hydrogen-bond acceptors (Lipinski definition) is 3. The van der Waals surface area contributed by atoms with Gasteiger partial charge in [-0.15, -0.1) is 0 Å². The number of sulfone groups is 1. The summed E-state index contributed by atoms with van der Waals surface area (Å²) >= 11 is 5.75. The van der Waals surface area contributed by atoms with E-state index in [1.54, 1.807) is 42.5 Å². The number of halogens is 1. The molecule has 0 aliphatic carbocycles. The van der Waals surface area contributed by atoms with Gasteiger partial charge in [0, 0.05) is 16.2 Å². The molecule has 0 spiro atoms. The molecule has 0 N–H and O–H groups in total. The first-order chi connectivity index (χ1) is 9.90. The maximum Gasteiger partial charge on any atom is 0.189 e. The lowest BCUT2D eigenvalue weighted by Crippen LogP contribution is -2.14. The van der Waals surface area contributed by atoms with Crippen LogP contribution in [0.2, 0.25) is 5.02 Å². The van der Waals surface area contributed by atoms with E-state index in [1.165, 1.54) is 12.1 Å². The first-order valence-electron chi connectivity index (χ1n) is 6.16. The second-order valence-corrected chi connectivity index (χ2v) is 6.94. The topological polar surface area (TPSA) is 51.2 Å². The minimum absolute atomic E-state index is 0.0289. The summed E-state index contributed by atoms with van der Waals surface area (Å²) in [6, 6.07) is 14.2. The maximum absolute atomic E-state index is 12.2.